The van der Waals surface area contributed by atoms with Crippen molar-refractivity contribution in [1.82, 2.24) is 0 Å². The van der Waals surface area contributed by atoms with Gasteiger partial charge >= 0.3 is 35.0 Å². The lowest BCUT2D eigenvalue weighted by atomic mass is 10.2. The van der Waals surface area contributed by atoms with Crippen LogP contribution in [0.5, 0.6) is 0 Å². The molecule has 10 heteroatoms. The zero-order valence-electron chi connectivity index (χ0n) is 6.57. The number of rotatable bonds is 3. The Hall–Kier alpha value is -0.494. The van der Waals surface area contributed by atoms with Gasteiger partial charge < -0.3 is 37.9 Å². The molecule has 0 bridgehead atoms. The van der Waals surface area contributed by atoms with Gasteiger partial charge in [0.2, 0.25) is 0 Å². The molecule has 0 aliphatic carbocycles. The van der Waals surface area contributed by atoms with Gasteiger partial charge in [-0.05, 0) is 0 Å². The minimum absolute atomic E-state index is 0. The van der Waals surface area contributed by atoms with Gasteiger partial charge in [-0.15, -0.1) is 0 Å². The van der Waals surface area contributed by atoms with E-state index in [0.717, 1.165) is 0 Å². The van der Waals surface area contributed by atoms with Crippen LogP contribution in [0.3, 0.4) is 0 Å². The molecule has 9 nitrogen and oxygen atoms in total. The van der Waals surface area contributed by atoms with E-state index in [1.165, 1.54) is 0 Å². The first-order valence-corrected chi connectivity index (χ1v) is 2.24. The molecule has 0 aromatic heterocycles. The fourth-order valence-corrected chi connectivity index (χ4v) is 0.275. The van der Waals surface area contributed by atoms with E-state index in [9.17, 15) is 9.59 Å². The third-order valence-corrected chi connectivity index (χ3v) is 0.712. The monoisotopic (exact) mass is 231 g/mol. The van der Waals surface area contributed by atoms with Crippen LogP contribution in [0.4, 0.5) is 0 Å². The summed E-state index contributed by atoms with van der Waals surface area (Å²) >= 11 is 0. The second-order valence-electron chi connectivity index (χ2n) is 1.54. The van der Waals surface area contributed by atoms with E-state index in [0.29, 0.717) is 0 Å². The smallest absolute Gasteiger partial charge is 0.321 e. The molecular formula is C4H17MgNO8. The Morgan fingerprint density at radius 1 is 1.07 bits per heavy atom. The van der Waals surface area contributed by atoms with Crippen LogP contribution >= 0.6 is 0 Å². The van der Waals surface area contributed by atoms with E-state index in [-0.39, 0.29) is 45.0 Å². The van der Waals surface area contributed by atoms with Crippen molar-refractivity contribution < 1.29 is 41.7 Å². The lowest BCUT2D eigenvalue weighted by molar-refractivity contribution is -0.144. The molecule has 0 fully saturated rings. The van der Waals surface area contributed by atoms with E-state index in [4.69, 9.17) is 15.9 Å². The zero-order valence-corrected chi connectivity index (χ0v) is 6.57. The Morgan fingerprint density at radius 2 is 1.36 bits per heavy atom. The van der Waals surface area contributed by atoms with Gasteiger partial charge in [0.05, 0.1) is 6.42 Å². The van der Waals surface area contributed by atoms with Gasteiger partial charge in [-0.2, -0.15) is 0 Å². The Morgan fingerprint density at radius 3 is 1.43 bits per heavy atom. The van der Waals surface area contributed by atoms with E-state index in [1.807, 2.05) is 0 Å². The molecule has 88 valence electrons. The van der Waals surface area contributed by atoms with Gasteiger partial charge in [-0.1, -0.05) is 0 Å². The molecule has 0 aromatic carbocycles. The highest BCUT2D eigenvalue weighted by Crippen LogP contribution is 1.86. The van der Waals surface area contributed by atoms with Crippen LogP contribution in [0, 0.1) is 0 Å². The minimum atomic E-state index is -1.29. The molecule has 0 rings (SSSR count). The van der Waals surface area contributed by atoms with Crippen LogP contribution in [0.1, 0.15) is 6.42 Å². The summed E-state index contributed by atoms with van der Waals surface area (Å²) in [6.45, 7) is 0. The highest BCUT2D eigenvalue weighted by atomic mass is 24.3. The maximum absolute atomic E-state index is 9.85. The Balaban J connectivity index is -0.0000000320. The minimum Gasteiger partial charge on any atom is -0.481 e. The molecule has 0 spiro atoms. The normalized spacial score (nSPS) is 8.07. The molecule has 0 aliphatic rings. The summed E-state index contributed by atoms with van der Waals surface area (Å²) in [5.74, 6) is -2.50. The number of hydrogen-bond acceptors (Lipinski definition) is 3. The number of carboxylic acid groups (broad SMARTS) is 2. The van der Waals surface area contributed by atoms with Crippen LogP contribution < -0.4 is 5.73 Å². The second-order valence-corrected chi connectivity index (χ2v) is 1.54. The maximum Gasteiger partial charge on any atom is 0.321 e. The number of aliphatic carboxylic acids is 2. The first kappa shape index (κ1) is 37.5. The van der Waals surface area contributed by atoms with E-state index < -0.39 is 24.4 Å². The largest absolute Gasteiger partial charge is 0.481 e. The average molecular weight is 231 g/mol. The van der Waals surface area contributed by atoms with Gasteiger partial charge in [-0.3, -0.25) is 9.59 Å². The number of hydrogen-bond donors (Lipinski definition) is 3. The van der Waals surface area contributed by atoms with Gasteiger partial charge in [0.25, 0.3) is 0 Å². The molecule has 12 N–H and O–H groups in total. The fourth-order valence-electron chi connectivity index (χ4n) is 0.275. The SMILES string of the molecule is N[C@@H](CC(=O)O)C(=O)O.O.O.O.O.[MgH2]. The third kappa shape index (κ3) is 22.5. The Labute approximate surface area is 95.3 Å². The van der Waals surface area contributed by atoms with Crippen molar-refractivity contribution in [2.24, 2.45) is 5.73 Å². The number of carboxylic acids is 2. The predicted molar refractivity (Wildman–Crippen MR) is 50.9 cm³/mol. The van der Waals surface area contributed by atoms with Crippen molar-refractivity contribution in [3.63, 3.8) is 0 Å². The lowest BCUT2D eigenvalue weighted by Gasteiger charge is -1.99. The summed E-state index contributed by atoms with van der Waals surface area (Å²) in [6.07, 6.45) is -0.532. The summed E-state index contributed by atoms with van der Waals surface area (Å²) in [7, 11) is 0. The first-order chi connectivity index (χ1) is 4.04. The van der Waals surface area contributed by atoms with Crippen LogP contribution in [-0.4, -0.2) is 73.2 Å². The predicted octanol–water partition coefficient (Wildman–Crippen LogP) is -5.34. The van der Waals surface area contributed by atoms with Gasteiger partial charge in [0.1, 0.15) is 6.04 Å². The molecule has 0 heterocycles. The Bertz CT molecular complexity index is 141. The molecule has 0 radical (unpaired) electrons. The summed E-state index contributed by atoms with van der Waals surface area (Å²) in [5.41, 5.74) is 4.84. The van der Waals surface area contributed by atoms with Crippen LogP contribution in [-0.2, 0) is 9.59 Å². The summed E-state index contributed by atoms with van der Waals surface area (Å²) in [5, 5.41) is 16.0. The molecule has 0 aromatic rings. The molecular weight excluding hydrogens is 214 g/mol. The molecule has 0 saturated heterocycles. The molecule has 0 amide bonds. The quantitative estimate of drug-likeness (QED) is 0.403. The van der Waals surface area contributed by atoms with Crippen molar-refractivity contribution in [2.45, 2.75) is 12.5 Å². The summed E-state index contributed by atoms with van der Waals surface area (Å²) < 4.78 is 0. The summed E-state index contributed by atoms with van der Waals surface area (Å²) in [4.78, 5) is 19.6. The van der Waals surface area contributed by atoms with E-state index in [2.05, 4.69) is 0 Å². The zero-order chi connectivity index (χ0) is 7.44. The van der Waals surface area contributed by atoms with E-state index in [1.54, 1.807) is 0 Å². The second kappa shape index (κ2) is 18.3. The van der Waals surface area contributed by atoms with Crippen LogP contribution in [0.15, 0.2) is 0 Å². The van der Waals surface area contributed by atoms with Gasteiger partial charge in [-0.25, -0.2) is 0 Å². The highest BCUT2D eigenvalue weighted by molar-refractivity contribution is 5.80. The van der Waals surface area contributed by atoms with Crippen molar-refractivity contribution in [2.75, 3.05) is 0 Å². The fraction of sp³-hybridized carbons (Fsp3) is 0.500. The third-order valence-electron chi connectivity index (χ3n) is 0.712. The molecule has 0 aliphatic heterocycles. The maximum atomic E-state index is 9.85. The van der Waals surface area contributed by atoms with Gasteiger partial charge in [0.15, 0.2) is 0 Å². The molecule has 0 unspecified atom stereocenters. The number of nitrogens with two attached hydrogens (primary N) is 1. The number of carbonyl (C=O) groups is 2. The van der Waals surface area contributed by atoms with Crippen molar-refractivity contribution in [1.29, 1.82) is 0 Å². The van der Waals surface area contributed by atoms with Crippen molar-refractivity contribution in [3.8, 4) is 0 Å². The first-order valence-electron chi connectivity index (χ1n) is 2.24. The van der Waals surface area contributed by atoms with E-state index >= 15 is 0 Å². The highest BCUT2D eigenvalue weighted by Gasteiger charge is 2.14. The van der Waals surface area contributed by atoms with Crippen molar-refractivity contribution >= 4 is 35.0 Å². The molecule has 0 saturated carbocycles. The molecule has 14 heavy (non-hydrogen) atoms. The van der Waals surface area contributed by atoms with Crippen LogP contribution in [0.2, 0.25) is 0 Å². The lowest BCUT2D eigenvalue weighted by Crippen LogP contribution is -2.32. The standard InChI is InChI=1S/C4H7NO4.Mg.4H2O.2H/c5-2(4(8)9)1-3(6)7;;;;;;;/h2H,1,5H2,(H,6,7)(H,8,9);;4*1H2;;/t2-;;;;;;;/m0......./s1. The average Bonchev–Trinajstić information content (AvgIpc) is 1.63. The topological polar surface area (TPSA) is 227 Å². The van der Waals surface area contributed by atoms with Gasteiger partial charge in [0, 0.05) is 0 Å². The molecule has 1 atom stereocenters. The Kier molecular flexibility index (Phi) is 49.1. The summed E-state index contributed by atoms with van der Waals surface area (Å²) in [6, 6.07) is -1.29. The van der Waals surface area contributed by atoms with Crippen LogP contribution in [0.25, 0.3) is 0 Å². The van der Waals surface area contributed by atoms with Crippen molar-refractivity contribution in [3.05, 3.63) is 0 Å².